The molecule has 140 valence electrons. The summed E-state index contributed by atoms with van der Waals surface area (Å²) in [6.45, 7) is 4.88. The molecule has 0 aromatic carbocycles. The molecule has 0 bridgehead atoms. The molecule has 1 aliphatic carbocycles. The smallest absolute Gasteiger partial charge is 0.213 e. The average molecular weight is 476 g/mol. The molecular formula is C18H29IN4OS. The molecule has 0 unspecified atom stereocenters. The number of hydrogen-bond acceptors (Lipinski definition) is 4. The van der Waals surface area contributed by atoms with Gasteiger partial charge in [0.25, 0.3) is 0 Å². The van der Waals surface area contributed by atoms with Crippen LogP contribution in [0.3, 0.4) is 0 Å². The summed E-state index contributed by atoms with van der Waals surface area (Å²) in [4.78, 5) is 11.1. The first-order valence-corrected chi connectivity index (χ1v) is 10.1. The Balaban J connectivity index is 0.00000225. The quantitative estimate of drug-likeness (QED) is 0.410. The maximum absolute atomic E-state index is 6.12. The van der Waals surface area contributed by atoms with Gasteiger partial charge in [0.05, 0.1) is 6.54 Å². The molecule has 5 nitrogen and oxygen atoms in total. The van der Waals surface area contributed by atoms with Crippen LogP contribution in [-0.4, -0.2) is 46.5 Å². The Hall–Kier alpha value is -0.700. The van der Waals surface area contributed by atoms with E-state index in [1.165, 1.54) is 12.8 Å². The third-order valence-corrected chi connectivity index (χ3v) is 5.75. The molecule has 0 radical (unpaired) electrons. The van der Waals surface area contributed by atoms with Gasteiger partial charge in [-0.25, -0.2) is 9.98 Å². The second kappa shape index (κ2) is 10.4. The van der Waals surface area contributed by atoms with Crippen LogP contribution in [0.2, 0.25) is 0 Å². The first-order chi connectivity index (χ1) is 11.7. The number of thioether (sulfide) groups is 1. The number of rotatable bonds is 4. The van der Waals surface area contributed by atoms with Gasteiger partial charge in [-0.2, -0.15) is 11.8 Å². The van der Waals surface area contributed by atoms with Gasteiger partial charge >= 0.3 is 0 Å². The fourth-order valence-corrected chi connectivity index (χ4v) is 4.10. The van der Waals surface area contributed by atoms with Crippen LogP contribution in [0.1, 0.15) is 38.2 Å². The Morgan fingerprint density at radius 1 is 1.32 bits per heavy atom. The molecule has 2 heterocycles. The Morgan fingerprint density at radius 3 is 2.76 bits per heavy atom. The van der Waals surface area contributed by atoms with Gasteiger partial charge in [0.2, 0.25) is 5.88 Å². The van der Waals surface area contributed by atoms with Gasteiger partial charge in [0.1, 0.15) is 6.10 Å². The highest BCUT2D eigenvalue weighted by atomic mass is 127. The minimum Gasteiger partial charge on any atom is -0.474 e. The maximum atomic E-state index is 6.12. The topological polar surface area (TPSA) is 63.7 Å². The van der Waals surface area contributed by atoms with Crippen LogP contribution in [0.4, 0.5) is 0 Å². The fraction of sp³-hybridized carbons (Fsp3) is 0.667. The Kier molecular flexibility index (Phi) is 8.61. The van der Waals surface area contributed by atoms with Crippen LogP contribution in [0, 0.1) is 5.92 Å². The Morgan fingerprint density at radius 2 is 2.04 bits per heavy atom. The number of halogens is 1. The van der Waals surface area contributed by atoms with Gasteiger partial charge < -0.3 is 15.4 Å². The molecule has 1 aliphatic heterocycles. The lowest BCUT2D eigenvalue weighted by Crippen LogP contribution is -2.42. The molecule has 25 heavy (non-hydrogen) atoms. The van der Waals surface area contributed by atoms with Gasteiger partial charge in [0, 0.05) is 36.9 Å². The fourth-order valence-electron chi connectivity index (χ4n) is 3.20. The van der Waals surface area contributed by atoms with Crippen LogP contribution in [-0.2, 0) is 6.54 Å². The van der Waals surface area contributed by atoms with Crippen molar-refractivity contribution < 1.29 is 4.74 Å². The van der Waals surface area contributed by atoms with Gasteiger partial charge in [-0.15, -0.1) is 24.0 Å². The molecule has 0 atom stereocenters. The van der Waals surface area contributed by atoms with Crippen molar-refractivity contribution in [1.29, 1.82) is 0 Å². The number of pyridine rings is 1. The van der Waals surface area contributed by atoms with Crippen LogP contribution in [0.25, 0.3) is 0 Å². The van der Waals surface area contributed by atoms with Crippen LogP contribution in [0.5, 0.6) is 5.88 Å². The molecule has 1 saturated carbocycles. The van der Waals surface area contributed by atoms with Crippen molar-refractivity contribution in [2.75, 3.05) is 24.6 Å². The zero-order valence-corrected chi connectivity index (χ0v) is 18.0. The van der Waals surface area contributed by atoms with E-state index in [1.54, 1.807) is 6.20 Å². The molecule has 1 aromatic heterocycles. The molecule has 2 N–H and O–H groups in total. The van der Waals surface area contributed by atoms with Gasteiger partial charge in [-0.3, -0.25) is 0 Å². The van der Waals surface area contributed by atoms with Crippen molar-refractivity contribution in [2.45, 2.75) is 45.3 Å². The molecule has 3 rings (SSSR count). The number of guanidine groups is 1. The highest BCUT2D eigenvalue weighted by Crippen LogP contribution is 2.26. The van der Waals surface area contributed by atoms with E-state index in [0.29, 0.717) is 18.6 Å². The number of aliphatic imine (C=N–C) groups is 1. The van der Waals surface area contributed by atoms with Gasteiger partial charge in [-0.1, -0.05) is 6.92 Å². The lowest BCUT2D eigenvalue weighted by molar-refractivity contribution is 0.130. The first-order valence-electron chi connectivity index (χ1n) is 8.95. The summed E-state index contributed by atoms with van der Waals surface area (Å²) in [7, 11) is 0. The molecule has 0 amide bonds. The summed E-state index contributed by atoms with van der Waals surface area (Å²) in [6.07, 6.45) is 6.87. The predicted molar refractivity (Wildman–Crippen MR) is 116 cm³/mol. The third-order valence-electron chi connectivity index (χ3n) is 4.81. The summed E-state index contributed by atoms with van der Waals surface area (Å²) in [5.41, 5.74) is 7.21. The third kappa shape index (κ3) is 6.51. The highest BCUT2D eigenvalue weighted by Gasteiger charge is 2.20. The van der Waals surface area contributed by atoms with Crippen LogP contribution >= 0.6 is 35.7 Å². The largest absolute Gasteiger partial charge is 0.474 e. The zero-order valence-electron chi connectivity index (χ0n) is 14.9. The minimum atomic E-state index is 0. The monoisotopic (exact) mass is 476 g/mol. The minimum absolute atomic E-state index is 0. The van der Waals surface area contributed by atoms with Gasteiger partial charge in [0.15, 0.2) is 5.96 Å². The predicted octanol–water partition coefficient (Wildman–Crippen LogP) is 3.52. The molecule has 7 heteroatoms. The summed E-state index contributed by atoms with van der Waals surface area (Å²) in [5.74, 6) is 4.45. The zero-order chi connectivity index (χ0) is 16.8. The van der Waals surface area contributed by atoms with E-state index < -0.39 is 0 Å². The highest BCUT2D eigenvalue weighted by molar-refractivity contribution is 14.0. The average Bonchev–Trinajstić information content (AvgIpc) is 2.63. The summed E-state index contributed by atoms with van der Waals surface area (Å²) >= 11 is 1.97. The second-order valence-corrected chi connectivity index (χ2v) is 8.00. The van der Waals surface area contributed by atoms with Crippen LogP contribution < -0.4 is 10.5 Å². The lowest BCUT2D eigenvalue weighted by Gasteiger charge is -2.27. The number of aromatic nitrogens is 1. The lowest BCUT2D eigenvalue weighted by atomic mass is 9.89. The number of hydrogen-bond donors (Lipinski definition) is 1. The molecular weight excluding hydrogens is 447 g/mol. The SMILES string of the molecule is CC1CCC(Oc2cc(CN=C(N)N3CCSCC3)ccn2)CC1.I. The van der Waals surface area contributed by atoms with Crippen molar-refractivity contribution in [2.24, 2.45) is 16.6 Å². The molecule has 1 saturated heterocycles. The normalized spacial score (nSPS) is 24.5. The van der Waals surface area contributed by atoms with Crippen molar-refractivity contribution in [3.05, 3.63) is 23.9 Å². The van der Waals surface area contributed by atoms with E-state index >= 15 is 0 Å². The van der Waals surface area contributed by atoms with Crippen molar-refractivity contribution >= 4 is 41.7 Å². The maximum Gasteiger partial charge on any atom is 0.213 e. The van der Waals surface area contributed by atoms with E-state index in [-0.39, 0.29) is 24.0 Å². The van der Waals surface area contributed by atoms with Crippen molar-refractivity contribution in [1.82, 2.24) is 9.88 Å². The molecule has 2 fully saturated rings. The molecule has 0 spiro atoms. The Labute approximate surface area is 172 Å². The van der Waals surface area contributed by atoms with E-state index in [9.17, 15) is 0 Å². The molecule has 2 aliphatic rings. The summed E-state index contributed by atoms with van der Waals surface area (Å²) in [6, 6.07) is 3.99. The molecule has 1 aromatic rings. The van der Waals surface area contributed by atoms with Crippen molar-refractivity contribution in [3.8, 4) is 5.88 Å². The first kappa shape index (κ1) is 20.6. The number of ether oxygens (including phenoxy) is 1. The van der Waals surface area contributed by atoms with E-state index in [1.807, 2.05) is 23.9 Å². The van der Waals surface area contributed by atoms with E-state index in [2.05, 4.69) is 21.8 Å². The van der Waals surface area contributed by atoms with Crippen molar-refractivity contribution in [3.63, 3.8) is 0 Å². The standard InChI is InChI=1S/C18H28N4OS.HI/c1-14-2-4-16(5-3-14)23-17-12-15(6-7-20-17)13-21-18(19)22-8-10-24-11-9-22;/h6-7,12,14,16H,2-5,8-11,13H2,1H3,(H2,19,21);1H. The number of nitrogens with two attached hydrogens (primary N) is 1. The summed E-state index contributed by atoms with van der Waals surface area (Å²) < 4.78 is 6.06. The second-order valence-electron chi connectivity index (χ2n) is 6.78. The van der Waals surface area contributed by atoms with E-state index in [0.717, 1.165) is 54.8 Å². The number of nitrogens with zero attached hydrogens (tertiary/aromatic N) is 3. The summed E-state index contributed by atoms with van der Waals surface area (Å²) in [5, 5.41) is 0. The Bertz CT molecular complexity index is 558. The van der Waals surface area contributed by atoms with Crippen LogP contribution in [0.15, 0.2) is 23.3 Å². The van der Waals surface area contributed by atoms with Gasteiger partial charge in [-0.05, 0) is 43.2 Å². The van der Waals surface area contributed by atoms with E-state index in [4.69, 9.17) is 10.5 Å².